The van der Waals surface area contributed by atoms with E-state index in [9.17, 15) is 4.79 Å². The van der Waals surface area contributed by atoms with Gasteiger partial charge in [-0.2, -0.15) is 0 Å². The molecule has 2 aromatic rings. The van der Waals surface area contributed by atoms with Gasteiger partial charge >= 0.3 is 0 Å². The van der Waals surface area contributed by atoms with Crippen LogP contribution in [0.3, 0.4) is 0 Å². The van der Waals surface area contributed by atoms with Crippen molar-refractivity contribution in [2.24, 2.45) is 0 Å². The summed E-state index contributed by atoms with van der Waals surface area (Å²) in [6.07, 6.45) is 1.08. The average Bonchev–Trinajstić information content (AvgIpc) is 3.03. The van der Waals surface area contributed by atoms with Crippen LogP contribution in [0, 0.1) is 13.8 Å². The van der Waals surface area contributed by atoms with Crippen molar-refractivity contribution in [3.8, 4) is 5.75 Å². The molecule has 1 heterocycles. The fourth-order valence-electron chi connectivity index (χ4n) is 2.34. The van der Waals surface area contributed by atoms with Crippen molar-refractivity contribution < 1.29 is 13.9 Å². The Hall–Kier alpha value is -1.98. The van der Waals surface area contributed by atoms with E-state index in [-0.39, 0.29) is 18.3 Å². The molecule has 2 rings (SSSR count). The Morgan fingerprint density at radius 3 is 2.64 bits per heavy atom. The van der Waals surface area contributed by atoms with E-state index in [1.807, 2.05) is 26.0 Å². The Bertz CT molecular complexity index is 670. The highest BCUT2D eigenvalue weighted by Crippen LogP contribution is 2.20. The number of hydrogen-bond donors (Lipinski definition) is 2. The number of carbonyl (C=O) groups excluding carboxylic acids is 1. The van der Waals surface area contributed by atoms with E-state index >= 15 is 0 Å². The molecule has 1 amide bonds. The van der Waals surface area contributed by atoms with Gasteiger partial charge in [-0.25, -0.2) is 0 Å². The molecule has 5 nitrogen and oxygen atoms in total. The van der Waals surface area contributed by atoms with Gasteiger partial charge in [-0.1, -0.05) is 24.6 Å². The highest BCUT2D eigenvalue weighted by atomic mass is 35.5. The predicted octanol–water partition coefficient (Wildman–Crippen LogP) is 3.63. The molecule has 0 saturated carbocycles. The maximum atomic E-state index is 12.0. The quantitative estimate of drug-likeness (QED) is 0.665. The Labute approximate surface area is 155 Å². The van der Waals surface area contributed by atoms with Gasteiger partial charge in [0.2, 0.25) is 0 Å². The average molecular weight is 367 g/mol. The minimum Gasteiger partial charge on any atom is -0.485 e. The molecule has 0 spiro atoms. The lowest BCUT2D eigenvalue weighted by atomic mass is 10.1. The number of benzene rings is 1. The molecular formula is C19H27ClN2O3. The Kier molecular flexibility index (Phi) is 9.10. The molecule has 0 aliphatic heterocycles. The number of nitrogens with one attached hydrogen (secondary N) is 2. The standard InChI is InChI=1S/C19H26N2O3.ClH/c1-4-9-20-10-11-21-19(22)18-8-6-16(24-18)13-23-17-7-5-14(2)12-15(17)3;/h5-8,12,20H,4,9-11,13H2,1-3H3,(H,21,22);1H. The summed E-state index contributed by atoms with van der Waals surface area (Å²) < 4.78 is 11.3. The van der Waals surface area contributed by atoms with Gasteiger partial charge in [0, 0.05) is 13.1 Å². The molecular weight excluding hydrogens is 340 g/mol. The molecule has 0 atom stereocenters. The maximum Gasteiger partial charge on any atom is 0.287 e. The number of aryl methyl sites for hydroxylation is 2. The Balaban J connectivity index is 0.00000312. The van der Waals surface area contributed by atoms with Gasteiger partial charge in [0.25, 0.3) is 5.91 Å². The third-order valence-electron chi connectivity index (χ3n) is 3.60. The van der Waals surface area contributed by atoms with Crippen LogP contribution in [0.1, 0.15) is 40.8 Å². The van der Waals surface area contributed by atoms with Crippen LogP contribution < -0.4 is 15.4 Å². The van der Waals surface area contributed by atoms with Crippen LogP contribution in [0.15, 0.2) is 34.7 Å². The minimum atomic E-state index is -0.203. The van der Waals surface area contributed by atoms with E-state index in [1.54, 1.807) is 12.1 Å². The summed E-state index contributed by atoms with van der Waals surface area (Å²) in [4.78, 5) is 12.0. The SMILES string of the molecule is CCCNCCNC(=O)c1ccc(COc2ccc(C)cc2C)o1.Cl. The first-order valence-corrected chi connectivity index (χ1v) is 8.38. The van der Waals surface area contributed by atoms with Crippen LogP contribution in [0.25, 0.3) is 0 Å². The first kappa shape index (κ1) is 21.1. The summed E-state index contributed by atoms with van der Waals surface area (Å²) in [5.74, 6) is 1.56. The molecule has 0 bridgehead atoms. The van der Waals surface area contributed by atoms with E-state index in [1.165, 1.54) is 5.56 Å². The number of amides is 1. The topological polar surface area (TPSA) is 63.5 Å². The monoisotopic (exact) mass is 366 g/mol. The molecule has 138 valence electrons. The molecule has 0 aliphatic rings. The lowest BCUT2D eigenvalue weighted by Crippen LogP contribution is -2.31. The third-order valence-corrected chi connectivity index (χ3v) is 3.60. The van der Waals surface area contributed by atoms with Crippen molar-refractivity contribution in [1.29, 1.82) is 0 Å². The van der Waals surface area contributed by atoms with Gasteiger partial charge in [0.1, 0.15) is 18.1 Å². The molecule has 25 heavy (non-hydrogen) atoms. The summed E-state index contributed by atoms with van der Waals surface area (Å²) in [7, 11) is 0. The largest absolute Gasteiger partial charge is 0.485 e. The number of ether oxygens (including phenoxy) is 1. The molecule has 0 radical (unpaired) electrons. The molecule has 0 saturated heterocycles. The van der Waals surface area contributed by atoms with Crippen molar-refractivity contribution >= 4 is 18.3 Å². The van der Waals surface area contributed by atoms with E-state index in [0.717, 1.165) is 30.8 Å². The molecule has 1 aromatic carbocycles. The number of halogens is 1. The zero-order valence-electron chi connectivity index (χ0n) is 15.1. The maximum absolute atomic E-state index is 12.0. The smallest absolute Gasteiger partial charge is 0.287 e. The van der Waals surface area contributed by atoms with E-state index in [0.29, 0.717) is 24.7 Å². The first-order valence-electron chi connectivity index (χ1n) is 8.38. The summed E-state index contributed by atoms with van der Waals surface area (Å²) in [5, 5.41) is 6.05. The summed E-state index contributed by atoms with van der Waals surface area (Å²) in [6.45, 7) is 8.75. The number of carbonyl (C=O) groups is 1. The predicted molar refractivity (Wildman–Crippen MR) is 102 cm³/mol. The molecule has 0 aliphatic carbocycles. The number of hydrogen-bond acceptors (Lipinski definition) is 4. The highest BCUT2D eigenvalue weighted by molar-refractivity contribution is 5.91. The summed E-state index contributed by atoms with van der Waals surface area (Å²) in [6, 6.07) is 9.48. The Morgan fingerprint density at radius 1 is 1.12 bits per heavy atom. The molecule has 0 unspecified atom stereocenters. The Morgan fingerprint density at radius 2 is 1.92 bits per heavy atom. The van der Waals surface area contributed by atoms with Gasteiger partial charge in [0.15, 0.2) is 5.76 Å². The van der Waals surface area contributed by atoms with Crippen LogP contribution in [-0.2, 0) is 6.61 Å². The number of furan rings is 1. The van der Waals surface area contributed by atoms with Crippen molar-refractivity contribution in [3.63, 3.8) is 0 Å². The zero-order valence-corrected chi connectivity index (χ0v) is 15.9. The summed E-state index contributed by atoms with van der Waals surface area (Å²) >= 11 is 0. The van der Waals surface area contributed by atoms with Crippen LogP contribution in [-0.4, -0.2) is 25.5 Å². The summed E-state index contributed by atoms with van der Waals surface area (Å²) in [5.41, 5.74) is 2.28. The normalized spacial score (nSPS) is 10.2. The van der Waals surface area contributed by atoms with Crippen molar-refractivity contribution in [2.45, 2.75) is 33.8 Å². The second-order valence-corrected chi connectivity index (χ2v) is 5.83. The van der Waals surface area contributed by atoms with Crippen LogP contribution in [0.2, 0.25) is 0 Å². The highest BCUT2D eigenvalue weighted by Gasteiger charge is 2.11. The molecule has 1 aromatic heterocycles. The van der Waals surface area contributed by atoms with E-state index in [4.69, 9.17) is 9.15 Å². The van der Waals surface area contributed by atoms with Gasteiger partial charge in [-0.15, -0.1) is 12.4 Å². The lowest BCUT2D eigenvalue weighted by Gasteiger charge is -2.08. The molecule has 6 heteroatoms. The van der Waals surface area contributed by atoms with E-state index < -0.39 is 0 Å². The first-order chi connectivity index (χ1) is 11.6. The van der Waals surface area contributed by atoms with Gasteiger partial charge in [-0.3, -0.25) is 4.79 Å². The van der Waals surface area contributed by atoms with Gasteiger partial charge in [-0.05, 0) is 50.6 Å². The van der Waals surface area contributed by atoms with Crippen LogP contribution >= 0.6 is 12.4 Å². The van der Waals surface area contributed by atoms with Gasteiger partial charge < -0.3 is 19.8 Å². The zero-order chi connectivity index (χ0) is 17.4. The minimum absolute atomic E-state index is 0. The fraction of sp³-hybridized carbons (Fsp3) is 0.421. The van der Waals surface area contributed by atoms with Crippen molar-refractivity contribution in [3.05, 3.63) is 53.0 Å². The molecule has 2 N–H and O–H groups in total. The number of rotatable bonds is 9. The third kappa shape index (κ3) is 6.80. The second-order valence-electron chi connectivity index (χ2n) is 5.83. The van der Waals surface area contributed by atoms with E-state index in [2.05, 4.69) is 23.6 Å². The second kappa shape index (κ2) is 10.8. The molecule has 0 fully saturated rings. The fourth-order valence-corrected chi connectivity index (χ4v) is 2.34. The van der Waals surface area contributed by atoms with Crippen LogP contribution in [0.5, 0.6) is 5.75 Å². The van der Waals surface area contributed by atoms with Gasteiger partial charge in [0.05, 0.1) is 0 Å². The van der Waals surface area contributed by atoms with Crippen LogP contribution in [0.4, 0.5) is 0 Å². The lowest BCUT2D eigenvalue weighted by molar-refractivity contribution is 0.0922. The van der Waals surface area contributed by atoms with Crippen molar-refractivity contribution in [2.75, 3.05) is 19.6 Å². The van der Waals surface area contributed by atoms with Crippen molar-refractivity contribution in [1.82, 2.24) is 10.6 Å².